The number of nitriles is 1. The van der Waals surface area contributed by atoms with Crippen molar-refractivity contribution in [2.75, 3.05) is 0 Å². The Hall–Kier alpha value is -3.69. The molecule has 0 unspecified atom stereocenters. The van der Waals surface area contributed by atoms with E-state index in [1.54, 1.807) is 51.9 Å². The Morgan fingerprint density at radius 2 is 2.00 bits per heavy atom. The van der Waals surface area contributed by atoms with Gasteiger partial charge in [-0.05, 0) is 58.3 Å². The van der Waals surface area contributed by atoms with Gasteiger partial charge in [0.15, 0.2) is 0 Å². The first-order valence-electron chi connectivity index (χ1n) is 8.70. The van der Waals surface area contributed by atoms with E-state index in [0.29, 0.717) is 11.3 Å². The smallest absolute Gasteiger partial charge is 0.293 e. The van der Waals surface area contributed by atoms with Crippen LogP contribution in [-0.2, 0) is 7.05 Å². The topological polar surface area (TPSA) is 63.6 Å². The van der Waals surface area contributed by atoms with Gasteiger partial charge in [0.05, 0.1) is 40.1 Å². The molecule has 3 aromatic heterocycles. The average molecular weight is 382 g/mol. The maximum Gasteiger partial charge on any atom is 0.333 e. The SMILES string of the molecule is Cn1c(=O)n(-c2cccc(C#N)c2)c2c3cc(-c4ccsc4)ccc3ncc21. The van der Waals surface area contributed by atoms with E-state index in [2.05, 4.69) is 28.6 Å². The number of fused-ring (bicyclic) bond motifs is 3. The van der Waals surface area contributed by atoms with Crippen LogP contribution in [-0.4, -0.2) is 14.1 Å². The molecule has 0 amide bonds. The van der Waals surface area contributed by atoms with Crippen molar-refractivity contribution in [1.29, 1.82) is 5.26 Å². The number of thiophene rings is 1. The van der Waals surface area contributed by atoms with Gasteiger partial charge in [-0.1, -0.05) is 12.1 Å². The van der Waals surface area contributed by atoms with Gasteiger partial charge in [0.2, 0.25) is 0 Å². The minimum atomic E-state index is -0.166. The molecule has 5 rings (SSSR count). The van der Waals surface area contributed by atoms with Gasteiger partial charge < -0.3 is 0 Å². The maximum atomic E-state index is 13.1. The van der Waals surface area contributed by atoms with Crippen LogP contribution < -0.4 is 5.69 Å². The summed E-state index contributed by atoms with van der Waals surface area (Å²) in [6, 6.07) is 17.4. The molecule has 0 radical (unpaired) electrons. The van der Waals surface area contributed by atoms with Crippen LogP contribution in [0.2, 0.25) is 0 Å². The van der Waals surface area contributed by atoms with E-state index >= 15 is 0 Å². The minimum absolute atomic E-state index is 0.166. The number of nitrogens with zero attached hydrogens (tertiary/aromatic N) is 4. The summed E-state index contributed by atoms with van der Waals surface area (Å²) < 4.78 is 3.26. The number of aryl methyl sites for hydroxylation is 1. The Bertz CT molecular complexity index is 1450. The monoisotopic (exact) mass is 382 g/mol. The van der Waals surface area contributed by atoms with E-state index in [1.165, 1.54) is 0 Å². The van der Waals surface area contributed by atoms with Crippen molar-refractivity contribution in [3.63, 3.8) is 0 Å². The van der Waals surface area contributed by atoms with Crippen LogP contribution in [0.15, 0.2) is 70.3 Å². The molecular weight excluding hydrogens is 368 g/mol. The number of pyridine rings is 1. The molecule has 0 aliphatic heterocycles. The Kier molecular flexibility index (Phi) is 3.64. The van der Waals surface area contributed by atoms with Crippen LogP contribution in [0.1, 0.15) is 5.56 Å². The van der Waals surface area contributed by atoms with Crippen LogP contribution in [0.25, 0.3) is 38.8 Å². The van der Waals surface area contributed by atoms with E-state index in [-0.39, 0.29) is 5.69 Å². The molecule has 0 atom stereocenters. The van der Waals surface area contributed by atoms with Crippen molar-refractivity contribution in [3.05, 3.63) is 81.5 Å². The highest BCUT2D eigenvalue weighted by Gasteiger charge is 2.17. The summed E-state index contributed by atoms with van der Waals surface area (Å²) in [4.78, 5) is 17.6. The molecule has 0 fully saturated rings. The highest BCUT2D eigenvalue weighted by atomic mass is 32.1. The lowest BCUT2D eigenvalue weighted by atomic mass is 10.1. The van der Waals surface area contributed by atoms with E-state index in [9.17, 15) is 10.1 Å². The lowest BCUT2D eigenvalue weighted by molar-refractivity contribution is 0.845. The molecule has 5 nitrogen and oxygen atoms in total. The van der Waals surface area contributed by atoms with E-state index in [4.69, 9.17) is 0 Å². The lowest BCUT2D eigenvalue weighted by Gasteiger charge is -2.08. The van der Waals surface area contributed by atoms with Crippen molar-refractivity contribution in [2.45, 2.75) is 0 Å². The predicted octanol–water partition coefficient (Wildman–Crippen LogP) is 4.48. The summed E-state index contributed by atoms with van der Waals surface area (Å²) >= 11 is 1.65. The van der Waals surface area contributed by atoms with Gasteiger partial charge in [0.25, 0.3) is 0 Å². The van der Waals surface area contributed by atoms with Crippen molar-refractivity contribution < 1.29 is 0 Å². The van der Waals surface area contributed by atoms with Crippen molar-refractivity contribution in [1.82, 2.24) is 14.1 Å². The minimum Gasteiger partial charge on any atom is -0.293 e. The van der Waals surface area contributed by atoms with E-state index in [0.717, 1.165) is 33.1 Å². The third-order valence-corrected chi connectivity index (χ3v) is 5.65. The third-order valence-electron chi connectivity index (χ3n) is 4.97. The highest BCUT2D eigenvalue weighted by Crippen LogP contribution is 2.30. The van der Waals surface area contributed by atoms with Gasteiger partial charge >= 0.3 is 5.69 Å². The zero-order valence-electron chi connectivity index (χ0n) is 15.0. The third kappa shape index (κ3) is 2.38. The molecule has 0 saturated carbocycles. The Morgan fingerprint density at radius 3 is 2.79 bits per heavy atom. The highest BCUT2D eigenvalue weighted by molar-refractivity contribution is 7.08. The second kappa shape index (κ2) is 6.19. The molecular formula is C22H14N4OS. The molecule has 5 aromatic rings. The first-order chi connectivity index (χ1) is 13.7. The fourth-order valence-corrected chi connectivity index (χ4v) is 4.22. The first-order valence-corrected chi connectivity index (χ1v) is 9.65. The molecule has 0 aliphatic carbocycles. The van der Waals surface area contributed by atoms with Crippen molar-refractivity contribution in [2.24, 2.45) is 7.05 Å². The number of hydrogen-bond acceptors (Lipinski definition) is 4. The van der Waals surface area contributed by atoms with E-state index < -0.39 is 0 Å². The molecule has 2 aromatic carbocycles. The Balaban J connectivity index is 1.92. The normalized spacial score (nSPS) is 11.1. The molecule has 0 N–H and O–H groups in total. The summed E-state index contributed by atoms with van der Waals surface area (Å²) in [6.45, 7) is 0. The van der Waals surface area contributed by atoms with Gasteiger partial charge in [-0.25, -0.2) is 4.79 Å². The maximum absolute atomic E-state index is 13.1. The van der Waals surface area contributed by atoms with Crippen LogP contribution in [0.3, 0.4) is 0 Å². The zero-order valence-corrected chi connectivity index (χ0v) is 15.8. The summed E-state index contributed by atoms with van der Waals surface area (Å²) in [5.41, 5.74) is 5.60. The predicted molar refractivity (Wildman–Crippen MR) is 112 cm³/mol. The summed E-state index contributed by atoms with van der Waals surface area (Å²) in [5, 5.41) is 14.3. The number of aromatic nitrogens is 3. The Morgan fingerprint density at radius 1 is 1.11 bits per heavy atom. The largest absolute Gasteiger partial charge is 0.333 e. The Labute approximate surface area is 164 Å². The summed E-state index contributed by atoms with van der Waals surface area (Å²) in [5.74, 6) is 0. The van der Waals surface area contributed by atoms with Crippen molar-refractivity contribution >= 4 is 33.3 Å². The van der Waals surface area contributed by atoms with E-state index in [1.807, 2.05) is 23.6 Å². The van der Waals surface area contributed by atoms with Gasteiger partial charge in [0, 0.05) is 12.4 Å². The number of imidazole rings is 1. The molecule has 0 aliphatic rings. The molecule has 3 heterocycles. The molecule has 0 bridgehead atoms. The molecule has 134 valence electrons. The zero-order chi connectivity index (χ0) is 19.3. The van der Waals surface area contributed by atoms with Crippen LogP contribution >= 0.6 is 11.3 Å². The van der Waals surface area contributed by atoms with Crippen LogP contribution in [0, 0.1) is 11.3 Å². The first kappa shape index (κ1) is 16.5. The molecule has 28 heavy (non-hydrogen) atoms. The summed E-state index contributed by atoms with van der Waals surface area (Å²) in [7, 11) is 1.74. The molecule has 0 saturated heterocycles. The van der Waals surface area contributed by atoms with Gasteiger partial charge in [0.1, 0.15) is 0 Å². The molecule has 0 spiro atoms. The van der Waals surface area contributed by atoms with Crippen LogP contribution in [0.4, 0.5) is 0 Å². The average Bonchev–Trinajstić information content (AvgIpc) is 3.35. The fraction of sp³-hybridized carbons (Fsp3) is 0.0455. The fourth-order valence-electron chi connectivity index (χ4n) is 3.56. The number of hydrogen-bond donors (Lipinski definition) is 0. The van der Waals surface area contributed by atoms with Gasteiger partial charge in [-0.15, -0.1) is 0 Å². The second-order valence-electron chi connectivity index (χ2n) is 6.58. The number of rotatable bonds is 2. The van der Waals surface area contributed by atoms with Gasteiger partial charge in [-0.2, -0.15) is 16.6 Å². The lowest BCUT2D eigenvalue weighted by Crippen LogP contribution is -2.20. The second-order valence-corrected chi connectivity index (χ2v) is 7.36. The summed E-state index contributed by atoms with van der Waals surface area (Å²) in [6.07, 6.45) is 1.73. The quantitative estimate of drug-likeness (QED) is 0.452. The van der Waals surface area contributed by atoms with Gasteiger partial charge in [-0.3, -0.25) is 14.1 Å². The molecule has 6 heteroatoms. The van der Waals surface area contributed by atoms with Crippen LogP contribution in [0.5, 0.6) is 0 Å². The van der Waals surface area contributed by atoms with Crippen molar-refractivity contribution in [3.8, 4) is 22.9 Å². The standard InChI is InChI=1S/C22H14N4OS/c1-25-20-12-24-19-6-5-15(16-7-8-28-13-16)10-18(19)21(20)26(22(25)27)17-4-2-3-14(9-17)11-23/h2-10,12-13H,1H3. The number of benzene rings is 2.